The monoisotopic (exact) mass is 598 g/mol. The standard InChI is InChI=1S/C26H26ClF3N6O3.ClH/c1-14-6-9-36(35-14)20-10-16(27)2-3-17(20)22(26(28,29)30)39-21-11-18(33-24(31)34-21)15-4-7-25(8-5-15)12-19(23(37)38)32-13-25;/h2-4,6,9-11,19,22,32H,5,7-8,12-13H2,1H3,(H,37,38)(H2,31,33,34);1H/t19-,22-,25+;/m1./s1. The number of nitrogens with zero attached hydrogens (tertiary/aromatic N) is 4. The average Bonchev–Trinajstić information content (AvgIpc) is 3.49. The van der Waals surface area contributed by atoms with Gasteiger partial charge < -0.3 is 20.9 Å². The lowest BCUT2D eigenvalue weighted by atomic mass is 9.73. The van der Waals surface area contributed by atoms with Crippen molar-refractivity contribution in [2.24, 2.45) is 5.41 Å². The second kappa shape index (κ2) is 11.3. The van der Waals surface area contributed by atoms with Crippen LogP contribution in [-0.4, -0.2) is 49.6 Å². The summed E-state index contributed by atoms with van der Waals surface area (Å²) in [6.45, 7) is 2.31. The maximum atomic E-state index is 14.4. The predicted octanol–water partition coefficient (Wildman–Crippen LogP) is 5.31. The fourth-order valence-electron chi connectivity index (χ4n) is 5.20. The first-order valence-corrected chi connectivity index (χ1v) is 12.7. The number of aromatic nitrogens is 4. The van der Waals surface area contributed by atoms with Crippen LogP contribution in [0.4, 0.5) is 19.1 Å². The molecule has 0 saturated carbocycles. The van der Waals surface area contributed by atoms with Crippen LogP contribution in [0, 0.1) is 12.3 Å². The Morgan fingerprint density at radius 1 is 1.30 bits per heavy atom. The third kappa shape index (κ3) is 6.18. The van der Waals surface area contributed by atoms with Crippen LogP contribution in [0.5, 0.6) is 5.88 Å². The molecule has 3 atom stereocenters. The number of halogens is 5. The largest absolute Gasteiger partial charge is 0.480 e. The molecule has 0 amide bonds. The van der Waals surface area contributed by atoms with E-state index in [-0.39, 0.29) is 45.9 Å². The van der Waals surface area contributed by atoms with Crippen LogP contribution in [0.15, 0.2) is 42.6 Å². The summed E-state index contributed by atoms with van der Waals surface area (Å²) in [6, 6.07) is 6.42. The van der Waals surface area contributed by atoms with Crippen molar-refractivity contribution < 1.29 is 27.8 Å². The molecule has 5 rings (SSSR count). The fourth-order valence-corrected chi connectivity index (χ4v) is 5.36. The lowest BCUT2D eigenvalue weighted by Gasteiger charge is -2.31. The first-order chi connectivity index (χ1) is 18.4. The van der Waals surface area contributed by atoms with E-state index in [2.05, 4.69) is 20.4 Å². The van der Waals surface area contributed by atoms with Crippen molar-refractivity contribution in [3.63, 3.8) is 0 Å². The van der Waals surface area contributed by atoms with Crippen LogP contribution >= 0.6 is 24.0 Å². The van der Waals surface area contributed by atoms with Gasteiger partial charge >= 0.3 is 12.1 Å². The summed E-state index contributed by atoms with van der Waals surface area (Å²) < 4.78 is 49.9. The van der Waals surface area contributed by atoms with Crippen LogP contribution < -0.4 is 15.8 Å². The lowest BCUT2D eigenvalue weighted by Crippen LogP contribution is -2.30. The number of anilines is 1. The number of ether oxygens (including phenoxy) is 1. The highest BCUT2D eigenvalue weighted by atomic mass is 35.5. The molecule has 0 unspecified atom stereocenters. The SMILES string of the molecule is Cc1ccn(-c2cc(Cl)ccc2[C@@H](Oc2cc(C3=CC[C@@]4(CC3)CN[C@@H](C(=O)O)C4)nc(N)n2)C(F)(F)F)n1.Cl. The Morgan fingerprint density at radius 3 is 2.67 bits per heavy atom. The summed E-state index contributed by atoms with van der Waals surface area (Å²) in [5.74, 6) is -1.43. The smallest absolute Gasteiger partial charge is 0.429 e. The number of aryl methyl sites for hydroxylation is 1. The number of carboxylic acid groups (broad SMARTS) is 1. The number of nitrogen functional groups attached to an aromatic ring is 1. The molecular formula is C26H27Cl2F3N6O3. The van der Waals surface area contributed by atoms with Crippen LogP contribution in [0.1, 0.15) is 48.7 Å². The average molecular weight is 599 g/mol. The van der Waals surface area contributed by atoms with E-state index in [0.29, 0.717) is 43.6 Å². The summed E-state index contributed by atoms with van der Waals surface area (Å²) in [6.07, 6.45) is -1.32. The maximum absolute atomic E-state index is 14.4. The van der Waals surface area contributed by atoms with Crippen molar-refractivity contribution in [2.45, 2.75) is 50.9 Å². The van der Waals surface area contributed by atoms with Gasteiger partial charge in [0.05, 0.1) is 17.1 Å². The molecule has 40 heavy (non-hydrogen) atoms. The highest BCUT2D eigenvalue weighted by molar-refractivity contribution is 6.30. The normalized spacial score (nSPS) is 21.5. The van der Waals surface area contributed by atoms with E-state index in [0.717, 1.165) is 5.57 Å². The topological polar surface area (TPSA) is 128 Å². The number of carbonyl (C=O) groups is 1. The maximum Gasteiger partial charge on any atom is 0.429 e. The second-order valence-corrected chi connectivity index (χ2v) is 10.4. The molecule has 0 bridgehead atoms. The van der Waals surface area contributed by atoms with Crippen molar-refractivity contribution in [3.05, 3.63) is 64.6 Å². The molecule has 9 nitrogen and oxygen atoms in total. The highest BCUT2D eigenvalue weighted by Gasteiger charge is 2.45. The van der Waals surface area contributed by atoms with Crippen LogP contribution in [0.2, 0.25) is 5.02 Å². The Kier molecular flexibility index (Phi) is 8.34. The summed E-state index contributed by atoms with van der Waals surface area (Å²) in [5.41, 5.74) is 7.40. The van der Waals surface area contributed by atoms with Gasteiger partial charge in [-0.1, -0.05) is 23.7 Å². The minimum Gasteiger partial charge on any atom is -0.480 e. The van der Waals surface area contributed by atoms with Gasteiger partial charge in [-0.2, -0.15) is 23.3 Å². The van der Waals surface area contributed by atoms with Gasteiger partial charge in [0.25, 0.3) is 0 Å². The zero-order valence-corrected chi connectivity index (χ0v) is 22.9. The van der Waals surface area contributed by atoms with Crippen LogP contribution in [0.25, 0.3) is 11.3 Å². The molecule has 1 saturated heterocycles. The number of hydrogen-bond acceptors (Lipinski definition) is 7. The van der Waals surface area contributed by atoms with Gasteiger partial charge in [-0.25, -0.2) is 9.67 Å². The first kappa shape index (κ1) is 29.6. The Morgan fingerprint density at radius 2 is 2.08 bits per heavy atom. The molecule has 1 aliphatic heterocycles. The number of hydrogen-bond donors (Lipinski definition) is 3. The quantitative estimate of drug-likeness (QED) is 0.348. The van der Waals surface area contributed by atoms with E-state index in [9.17, 15) is 23.1 Å². The van der Waals surface area contributed by atoms with Gasteiger partial charge in [-0.3, -0.25) is 4.79 Å². The van der Waals surface area contributed by atoms with Crippen molar-refractivity contribution in [1.82, 2.24) is 25.1 Å². The van der Waals surface area contributed by atoms with Gasteiger partial charge in [0, 0.05) is 29.4 Å². The number of nitrogens with one attached hydrogen (secondary N) is 1. The minimum absolute atomic E-state index is 0. The fraction of sp³-hybridized carbons (Fsp3) is 0.385. The Hall–Kier alpha value is -3.35. The number of nitrogens with two attached hydrogens (primary N) is 1. The Bertz CT molecular complexity index is 1450. The summed E-state index contributed by atoms with van der Waals surface area (Å²) in [4.78, 5) is 19.5. The Balaban J connectivity index is 0.00000370. The van der Waals surface area contributed by atoms with E-state index in [1.54, 1.807) is 19.2 Å². The molecule has 1 fully saturated rings. The van der Waals surface area contributed by atoms with Gasteiger partial charge in [0.2, 0.25) is 17.9 Å². The molecule has 1 aromatic carbocycles. The second-order valence-electron chi connectivity index (χ2n) is 10.0. The number of aliphatic carboxylic acids is 1. The highest BCUT2D eigenvalue weighted by Crippen LogP contribution is 2.45. The number of benzene rings is 1. The summed E-state index contributed by atoms with van der Waals surface area (Å²) >= 11 is 6.11. The molecule has 1 aliphatic carbocycles. The van der Waals surface area contributed by atoms with Crippen LogP contribution in [-0.2, 0) is 4.79 Å². The predicted molar refractivity (Wildman–Crippen MR) is 145 cm³/mol. The number of carboxylic acids is 1. The van der Waals surface area contributed by atoms with Gasteiger partial charge in [-0.05, 0) is 61.8 Å². The van der Waals surface area contributed by atoms with E-state index in [1.807, 2.05) is 6.08 Å². The third-order valence-electron chi connectivity index (χ3n) is 7.19. The van der Waals surface area contributed by atoms with E-state index >= 15 is 0 Å². The van der Waals surface area contributed by atoms with Gasteiger partial charge in [0.1, 0.15) is 6.04 Å². The van der Waals surface area contributed by atoms with Crippen molar-refractivity contribution in [1.29, 1.82) is 0 Å². The van der Waals surface area contributed by atoms with Crippen molar-refractivity contribution in [2.75, 3.05) is 12.3 Å². The van der Waals surface area contributed by atoms with Gasteiger partial charge in [0.15, 0.2) is 0 Å². The van der Waals surface area contributed by atoms with E-state index < -0.39 is 24.3 Å². The lowest BCUT2D eigenvalue weighted by molar-refractivity contribution is -0.198. The molecule has 2 aromatic heterocycles. The summed E-state index contributed by atoms with van der Waals surface area (Å²) in [5, 5.41) is 16.8. The van der Waals surface area contributed by atoms with Crippen LogP contribution in [0.3, 0.4) is 0 Å². The first-order valence-electron chi connectivity index (χ1n) is 12.3. The Labute approximate surface area is 239 Å². The number of allylic oxidation sites excluding steroid dienone is 2. The molecule has 0 radical (unpaired) electrons. The summed E-state index contributed by atoms with van der Waals surface area (Å²) in [7, 11) is 0. The minimum atomic E-state index is -4.81. The van der Waals surface area contributed by atoms with Crippen molar-refractivity contribution in [3.8, 4) is 11.6 Å². The van der Waals surface area contributed by atoms with E-state index in [4.69, 9.17) is 22.1 Å². The molecule has 2 aliphatic rings. The molecule has 214 valence electrons. The van der Waals surface area contributed by atoms with Crippen molar-refractivity contribution >= 4 is 41.5 Å². The zero-order chi connectivity index (χ0) is 27.9. The third-order valence-corrected chi connectivity index (χ3v) is 7.43. The molecule has 1 spiro atoms. The molecule has 14 heteroatoms. The van der Waals surface area contributed by atoms with Gasteiger partial charge in [-0.15, -0.1) is 12.4 Å². The van der Waals surface area contributed by atoms with E-state index in [1.165, 1.54) is 28.9 Å². The zero-order valence-electron chi connectivity index (χ0n) is 21.3. The number of rotatable bonds is 6. The number of alkyl halides is 3. The molecule has 3 heterocycles. The molecule has 4 N–H and O–H groups in total. The molecule has 3 aromatic rings. The molecular weight excluding hydrogens is 572 g/mol.